The van der Waals surface area contributed by atoms with E-state index in [1.54, 1.807) is 30.3 Å². The van der Waals surface area contributed by atoms with E-state index in [-0.39, 0.29) is 12.0 Å². The van der Waals surface area contributed by atoms with E-state index in [1.807, 2.05) is 43.5 Å². The van der Waals surface area contributed by atoms with Gasteiger partial charge in [-0.05, 0) is 19.1 Å². The number of aryl methyl sites for hydroxylation is 1. The maximum atomic E-state index is 12.7. The van der Waals surface area contributed by atoms with Crippen molar-refractivity contribution in [1.82, 2.24) is 19.8 Å². The summed E-state index contributed by atoms with van der Waals surface area (Å²) < 4.78 is 6.04. The van der Waals surface area contributed by atoms with Crippen LogP contribution in [0.3, 0.4) is 0 Å². The number of morpholine rings is 1. The van der Waals surface area contributed by atoms with Crippen LogP contribution in [0.15, 0.2) is 36.5 Å². The Labute approximate surface area is 168 Å². The van der Waals surface area contributed by atoms with Crippen LogP contribution in [0, 0.1) is 6.92 Å². The fourth-order valence-corrected chi connectivity index (χ4v) is 4.34. The molecule has 0 radical (unpaired) electrons. The summed E-state index contributed by atoms with van der Waals surface area (Å²) in [6.07, 6.45) is 1.80. The van der Waals surface area contributed by atoms with Gasteiger partial charge in [0.25, 0.3) is 5.91 Å². The van der Waals surface area contributed by atoms with Crippen LogP contribution >= 0.6 is 11.3 Å². The van der Waals surface area contributed by atoms with Gasteiger partial charge in [-0.2, -0.15) is 0 Å². The first-order chi connectivity index (χ1) is 13.5. The van der Waals surface area contributed by atoms with Crippen LogP contribution in [-0.4, -0.2) is 59.5 Å². The third kappa shape index (κ3) is 3.92. The zero-order valence-corrected chi connectivity index (χ0v) is 17.2. The number of amides is 1. The molecule has 0 N–H and O–H groups in total. The van der Waals surface area contributed by atoms with E-state index in [1.165, 1.54) is 4.88 Å². The Hall–Kier alpha value is -2.35. The van der Waals surface area contributed by atoms with Gasteiger partial charge in [0.05, 0.1) is 28.4 Å². The monoisotopic (exact) mass is 396 g/mol. The fourth-order valence-electron chi connectivity index (χ4n) is 3.50. The number of ether oxygens (including phenoxy) is 1. The molecule has 0 unspecified atom stereocenters. The highest BCUT2D eigenvalue weighted by Gasteiger charge is 2.25. The first-order valence-corrected chi connectivity index (χ1v) is 10.2. The number of pyridine rings is 1. The first-order valence-electron chi connectivity index (χ1n) is 9.38. The van der Waals surface area contributed by atoms with Crippen LogP contribution in [0.25, 0.3) is 10.9 Å². The lowest BCUT2D eigenvalue weighted by Crippen LogP contribution is -2.38. The summed E-state index contributed by atoms with van der Waals surface area (Å²) >= 11 is 1.73. The van der Waals surface area contributed by atoms with Crippen molar-refractivity contribution in [2.45, 2.75) is 19.6 Å². The van der Waals surface area contributed by atoms with Crippen LogP contribution in [-0.2, 0) is 11.3 Å². The lowest BCUT2D eigenvalue weighted by atomic mass is 10.0. The zero-order chi connectivity index (χ0) is 19.7. The minimum absolute atomic E-state index is 0.0207. The molecule has 4 rings (SSSR count). The third-order valence-electron chi connectivity index (χ3n) is 4.90. The molecule has 7 heteroatoms. The van der Waals surface area contributed by atoms with Gasteiger partial charge in [0.1, 0.15) is 6.10 Å². The van der Waals surface area contributed by atoms with Gasteiger partial charge < -0.3 is 9.64 Å². The average molecular weight is 397 g/mol. The number of aromatic nitrogens is 2. The molecule has 1 aliphatic rings. The van der Waals surface area contributed by atoms with Crippen molar-refractivity contribution in [1.29, 1.82) is 0 Å². The van der Waals surface area contributed by atoms with Gasteiger partial charge in [0.2, 0.25) is 0 Å². The highest BCUT2D eigenvalue weighted by molar-refractivity contribution is 7.11. The molecule has 6 nitrogen and oxygen atoms in total. The van der Waals surface area contributed by atoms with Gasteiger partial charge in [-0.1, -0.05) is 18.2 Å². The Morgan fingerprint density at radius 1 is 1.36 bits per heavy atom. The Balaban J connectivity index is 1.63. The number of rotatable bonds is 4. The average Bonchev–Trinajstić information content (AvgIpc) is 3.11. The lowest BCUT2D eigenvalue weighted by molar-refractivity contribution is -0.0345. The minimum atomic E-state index is -0.152. The number of hydrogen-bond acceptors (Lipinski definition) is 6. The summed E-state index contributed by atoms with van der Waals surface area (Å²) in [6.45, 7) is 5.16. The predicted molar refractivity (Wildman–Crippen MR) is 111 cm³/mol. The maximum Gasteiger partial charge on any atom is 0.254 e. The van der Waals surface area contributed by atoms with Crippen LogP contribution < -0.4 is 0 Å². The molecule has 28 heavy (non-hydrogen) atoms. The summed E-state index contributed by atoms with van der Waals surface area (Å²) in [4.78, 5) is 27.1. The number of hydrogen-bond donors (Lipinski definition) is 0. The Morgan fingerprint density at radius 2 is 2.18 bits per heavy atom. The fraction of sp³-hybridized carbons (Fsp3) is 0.381. The second kappa shape index (κ2) is 7.95. The molecule has 2 aromatic heterocycles. The van der Waals surface area contributed by atoms with Crippen molar-refractivity contribution in [3.8, 4) is 0 Å². The first kappa shape index (κ1) is 19.0. The summed E-state index contributed by atoms with van der Waals surface area (Å²) in [5.41, 5.74) is 2.31. The van der Waals surface area contributed by atoms with Crippen LogP contribution in [0.5, 0.6) is 0 Å². The van der Waals surface area contributed by atoms with E-state index in [9.17, 15) is 4.79 Å². The number of carbonyl (C=O) groups is 1. The quantitative estimate of drug-likeness (QED) is 0.677. The van der Waals surface area contributed by atoms with E-state index in [4.69, 9.17) is 9.72 Å². The lowest BCUT2D eigenvalue weighted by Gasteiger charge is -2.32. The smallest absolute Gasteiger partial charge is 0.254 e. The number of fused-ring (bicyclic) bond motifs is 1. The minimum Gasteiger partial charge on any atom is -0.369 e. The molecule has 146 valence electrons. The number of para-hydroxylation sites is 1. The Kier molecular flexibility index (Phi) is 5.39. The molecule has 3 aromatic rings. The Morgan fingerprint density at radius 3 is 2.93 bits per heavy atom. The number of carbonyl (C=O) groups excluding carboxylic acids is 1. The highest BCUT2D eigenvalue weighted by Crippen LogP contribution is 2.27. The summed E-state index contributed by atoms with van der Waals surface area (Å²) in [5.74, 6) is -0.0207. The normalized spacial score (nSPS) is 17.8. The van der Waals surface area contributed by atoms with Gasteiger partial charge in [-0.25, -0.2) is 9.97 Å². The second-order valence-corrected chi connectivity index (χ2v) is 8.57. The maximum absolute atomic E-state index is 12.7. The van der Waals surface area contributed by atoms with E-state index in [0.717, 1.165) is 41.2 Å². The van der Waals surface area contributed by atoms with Crippen LogP contribution in [0.2, 0.25) is 0 Å². The van der Waals surface area contributed by atoms with E-state index in [0.29, 0.717) is 12.2 Å². The predicted octanol–water partition coefficient (Wildman–Crippen LogP) is 3.28. The van der Waals surface area contributed by atoms with E-state index >= 15 is 0 Å². The second-order valence-electron chi connectivity index (χ2n) is 7.25. The van der Waals surface area contributed by atoms with Gasteiger partial charge >= 0.3 is 0 Å². The van der Waals surface area contributed by atoms with Gasteiger partial charge in [0.15, 0.2) is 0 Å². The van der Waals surface area contributed by atoms with Crippen molar-refractivity contribution < 1.29 is 9.53 Å². The molecule has 1 amide bonds. The zero-order valence-electron chi connectivity index (χ0n) is 16.4. The molecule has 1 aliphatic heterocycles. The van der Waals surface area contributed by atoms with Crippen molar-refractivity contribution in [2.75, 3.05) is 33.8 Å². The van der Waals surface area contributed by atoms with Crippen molar-refractivity contribution >= 4 is 28.1 Å². The van der Waals surface area contributed by atoms with Gasteiger partial charge in [-0.3, -0.25) is 9.69 Å². The number of thiazole rings is 1. The molecule has 1 atom stereocenters. The summed E-state index contributed by atoms with van der Waals surface area (Å²) in [5, 5.41) is 1.96. The topological polar surface area (TPSA) is 58.6 Å². The molecule has 1 saturated heterocycles. The summed E-state index contributed by atoms with van der Waals surface area (Å²) in [7, 11) is 3.54. The van der Waals surface area contributed by atoms with Gasteiger partial charge in [-0.15, -0.1) is 11.3 Å². The molecule has 1 aromatic carbocycles. The molecule has 0 aliphatic carbocycles. The molecule has 1 fully saturated rings. The molecular formula is C21H24N4O2S. The number of benzene rings is 1. The molecule has 0 bridgehead atoms. The van der Waals surface area contributed by atoms with Crippen molar-refractivity contribution in [3.63, 3.8) is 0 Å². The Bertz CT molecular complexity index is 1000. The van der Waals surface area contributed by atoms with Crippen LogP contribution in [0.1, 0.15) is 32.0 Å². The molecule has 3 heterocycles. The third-order valence-corrected chi connectivity index (χ3v) is 5.80. The standard InChI is InChI=1S/C21H24N4O2S/c1-14-22-11-15(28-14)12-25-8-9-27-20(13-25)19-10-17(21(26)24(2)3)16-6-4-5-7-18(16)23-19/h4-7,10-11,20H,8-9,12-13H2,1-3H3/t20-/m1/s1. The van der Waals surface area contributed by atoms with Gasteiger partial charge in [0, 0.05) is 50.2 Å². The highest BCUT2D eigenvalue weighted by atomic mass is 32.1. The molecule has 0 saturated carbocycles. The molecule has 0 spiro atoms. The largest absolute Gasteiger partial charge is 0.369 e. The van der Waals surface area contributed by atoms with E-state index in [2.05, 4.69) is 9.88 Å². The summed E-state index contributed by atoms with van der Waals surface area (Å²) in [6, 6.07) is 9.68. The SMILES string of the molecule is Cc1ncc(CN2CCO[C@@H](c3cc(C(=O)N(C)C)c4ccccc4n3)C2)s1. The number of nitrogens with zero attached hydrogens (tertiary/aromatic N) is 4. The van der Waals surface area contributed by atoms with Crippen molar-refractivity contribution in [3.05, 3.63) is 57.7 Å². The van der Waals surface area contributed by atoms with Crippen molar-refractivity contribution in [2.24, 2.45) is 0 Å². The van der Waals surface area contributed by atoms with Crippen LogP contribution in [0.4, 0.5) is 0 Å². The van der Waals surface area contributed by atoms with E-state index < -0.39 is 0 Å². The molecular weight excluding hydrogens is 372 g/mol.